The fourth-order valence-corrected chi connectivity index (χ4v) is 3.45. The smallest absolute Gasteiger partial charge is 0.186 e. The summed E-state index contributed by atoms with van der Waals surface area (Å²) in [5.41, 5.74) is 4.85. The van der Waals surface area contributed by atoms with Gasteiger partial charge in [0, 0.05) is 17.5 Å². The van der Waals surface area contributed by atoms with Gasteiger partial charge in [0.15, 0.2) is 5.65 Å². The highest BCUT2D eigenvalue weighted by Gasteiger charge is 2.15. The number of benzene rings is 3. The zero-order valence-electron chi connectivity index (χ0n) is 15.3. The van der Waals surface area contributed by atoms with Crippen LogP contribution in [0.1, 0.15) is 5.56 Å². The maximum Gasteiger partial charge on any atom is 0.186 e. The molecule has 0 radical (unpaired) electrons. The van der Waals surface area contributed by atoms with Gasteiger partial charge in [0.05, 0.1) is 5.52 Å². The van der Waals surface area contributed by atoms with Crippen molar-refractivity contribution < 1.29 is 0 Å². The Labute approximate surface area is 162 Å². The molecule has 0 aliphatic carbocycles. The van der Waals surface area contributed by atoms with Crippen molar-refractivity contribution in [3.63, 3.8) is 0 Å². The van der Waals surface area contributed by atoms with Crippen LogP contribution in [-0.2, 0) is 6.42 Å². The van der Waals surface area contributed by atoms with Gasteiger partial charge in [-0.2, -0.15) is 4.52 Å². The minimum Gasteiger partial charge on any atom is -0.369 e. The fourth-order valence-electron chi connectivity index (χ4n) is 3.45. The molecular weight excluding hydrogens is 346 g/mol. The molecule has 0 saturated heterocycles. The molecule has 28 heavy (non-hydrogen) atoms. The molecule has 0 amide bonds. The summed E-state index contributed by atoms with van der Waals surface area (Å²) in [7, 11) is 0. The topological polar surface area (TPSA) is 55.1 Å². The summed E-state index contributed by atoms with van der Waals surface area (Å²) < 4.78 is 1.82. The van der Waals surface area contributed by atoms with E-state index in [1.165, 1.54) is 5.56 Å². The molecule has 1 N–H and O–H groups in total. The van der Waals surface area contributed by atoms with Gasteiger partial charge in [-0.05, 0) is 24.1 Å². The monoisotopic (exact) mass is 365 g/mol. The van der Waals surface area contributed by atoms with E-state index >= 15 is 0 Å². The van der Waals surface area contributed by atoms with E-state index in [0.29, 0.717) is 0 Å². The van der Waals surface area contributed by atoms with Gasteiger partial charge < -0.3 is 5.32 Å². The zero-order valence-corrected chi connectivity index (χ0v) is 15.3. The Bertz CT molecular complexity index is 1230. The van der Waals surface area contributed by atoms with Crippen LogP contribution in [0.15, 0.2) is 84.9 Å². The number of hydrogen-bond donors (Lipinski definition) is 1. The highest BCUT2D eigenvalue weighted by atomic mass is 15.4. The van der Waals surface area contributed by atoms with Gasteiger partial charge in [-0.15, -0.1) is 5.10 Å². The van der Waals surface area contributed by atoms with Crippen molar-refractivity contribution in [1.29, 1.82) is 0 Å². The first-order valence-electron chi connectivity index (χ1n) is 9.37. The van der Waals surface area contributed by atoms with E-state index in [1.54, 1.807) is 0 Å². The predicted octanol–water partition coefficient (Wildman–Crippen LogP) is 4.60. The van der Waals surface area contributed by atoms with Crippen LogP contribution in [-0.4, -0.2) is 26.4 Å². The van der Waals surface area contributed by atoms with E-state index < -0.39 is 0 Å². The van der Waals surface area contributed by atoms with Crippen LogP contribution in [0.5, 0.6) is 0 Å². The first kappa shape index (κ1) is 16.4. The van der Waals surface area contributed by atoms with Crippen LogP contribution in [0.4, 0.5) is 5.82 Å². The van der Waals surface area contributed by atoms with Crippen molar-refractivity contribution in [2.75, 3.05) is 11.9 Å². The molecule has 136 valence electrons. The Morgan fingerprint density at radius 3 is 2.32 bits per heavy atom. The van der Waals surface area contributed by atoms with Gasteiger partial charge in [0.2, 0.25) is 0 Å². The molecule has 0 aliphatic rings. The number of hydrogen-bond acceptors (Lipinski definition) is 4. The highest BCUT2D eigenvalue weighted by molar-refractivity contribution is 5.93. The van der Waals surface area contributed by atoms with Gasteiger partial charge in [0.1, 0.15) is 11.5 Å². The standard InChI is InChI=1S/C23H19N5/c1-3-9-17(10-4-1)15-16-24-22-19-13-7-8-14-20(19)28-23(25-22)21(26-27-28)18-11-5-2-6-12-18/h1-14H,15-16H2,(H,24,25). The molecule has 0 bridgehead atoms. The molecule has 5 rings (SSSR count). The van der Waals surface area contributed by atoms with Gasteiger partial charge in [-0.1, -0.05) is 78.0 Å². The molecule has 0 spiro atoms. The molecule has 0 saturated carbocycles. The van der Waals surface area contributed by atoms with Gasteiger partial charge >= 0.3 is 0 Å². The Morgan fingerprint density at radius 1 is 0.786 bits per heavy atom. The molecule has 5 aromatic rings. The summed E-state index contributed by atoms with van der Waals surface area (Å²) in [5, 5.41) is 13.3. The summed E-state index contributed by atoms with van der Waals surface area (Å²) in [6.07, 6.45) is 0.936. The minimum atomic E-state index is 0.757. The summed E-state index contributed by atoms with van der Waals surface area (Å²) in [5.74, 6) is 0.860. The van der Waals surface area contributed by atoms with Crippen molar-refractivity contribution in [3.05, 3.63) is 90.5 Å². The van der Waals surface area contributed by atoms with Crippen LogP contribution in [0, 0.1) is 0 Å². The largest absolute Gasteiger partial charge is 0.369 e. The second-order valence-corrected chi connectivity index (χ2v) is 6.68. The quantitative estimate of drug-likeness (QED) is 0.495. The Morgan fingerprint density at radius 2 is 1.50 bits per heavy atom. The first-order chi connectivity index (χ1) is 13.9. The minimum absolute atomic E-state index is 0.757. The Balaban J connectivity index is 1.57. The summed E-state index contributed by atoms with van der Waals surface area (Å²) in [6, 6.07) is 28.7. The Kier molecular flexibility index (Phi) is 4.18. The van der Waals surface area contributed by atoms with Gasteiger partial charge in [-0.25, -0.2) is 4.98 Å². The number of nitrogens with one attached hydrogen (secondary N) is 1. The number of fused-ring (bicyclic) bond motifs is 3. The van der Waals surface area contributed by atoms with Crippen LogP contribution < -0.4 is 5.32 Å². The number of nitrogens with zero attached hydrogens (tertiary/aromatic N) is 4. The number of aromatic nitrogens is 4. The normalized spacial score (nSPS) is 11.1. The Hall–Kier alpha value is -3.73. The summed E-state index contributed by atoms with van der Waals surface area (Å²) in [6.45, 7) is 0.805. The first-order valence-corrected chi connectivity index (χ1v) is 9.37. The van der Waals surface area contributed by atoms with Crippen molar-refractivity contribution >= 4 is 22.4 Å². The number of rotatable bonds is 5. The molecule has 0 aliphatic heterocycles. The van der Waals surface area contributed by atoms with E-state index in [4.69, 9.17) is 4.98 Å². The van der Waals surface area contributed by atoms with Crippen LogP contribution in [0.25, 0.3) is 27.8 Å². The lowest BCUT2D eigenvalue weighted by atomic mass is 10.1. The second-order valence-electron chi connectivity index (χ2n) is 6.68. The molecule has 5 heteroatoms. The van der Waals surface area contributed by atoms with Crippen molar-refractivity contribution in [2.24, 2.45) is 0 Å². The van der Waals surface area contributed by atoms with E-state index in [0.717, 1.165) is 46.6 Å². The van der Waals surface area contributed by atoms with Gasteiger partial charge in [0.25, 0.3) is 0 Å². The molecule has 5 nitrogen and oxygen atoms in total. The third-order valence-electron chi connectivity index (χ3n) is 4.85. The zero-order chi connectivity index (χ0) is 18.8. The predicted molar refractivity (Wildman–Crippen MR) is 112 cm³/mol. The van der Waals surface area contributed by atoms with Crippen molar-refractivity contribution in [2.45, 2.75) is 6.42 Å². The summed E-state index contributed by atoms with van der Waals surface area (Å²) in [4.78, 5) is 4.90. The molecular formula is C23H19N5. The lowest BCUT2D eigenvalue weighted by Crippen LogP contribution is -2.08. The van der Waals surface area contributed by atoms with E-state index in [2.05, 4.69) is 52.0 Å². The third kappa shape index (κ3) is 2.97. The van der Waals surface area contributed by atoms with Crippen LogP contribution in [0.2, 0.25) is 0 Å². The lowest BCUT2D eigenvalue weighted by molar-refractivity contribution is 0.876. The average molecular weight is 365 g/mol. The molecule has 0 unspecified atom stereocenters. The van der Waals surface area contributed by atoms with Crippen molar-refractivity contribution in [3.8, 4) is 11.3 Å². The fraction of sp³-hybridized carbons (Fsp3) is 0.0870. The molecule has 2 aromatic heterocycles. The molecule has 0 fully saturated rings. The summed E-state index contributed by atoms with van der Waals surface area (Å²) >= 11 is 0. The molecule has 2 heterocycles. The SMILES string of the molecule is c1ccc(CCNc2nc3c(-c4ccccc4)nnn3c3ccccc23)cc1. The van der Waals surface area contributed by atoms with E-state index in [-0.39, 0.29) is 0 Å². The second kappa shape index (κ2) is 7.12. The maximum atomic E-state index is 4.90. The molecule has 0 atom stereocenters. The lowest BCUT2D eigenvalue weighted by Gasteiger charge is -2.10. The average Bonchev–Trinajstić information content (AvgIpc) is 3.19. The van der Waals surface area contributed by atoms with Gasteiger partial charge in [-0.3, -0.25) is 0 Å². The maximum absolute atomic E-state index is 4.90. The third-order valence-corrected chi connectivity index (χ3v) is 4.85. The number of para-hydroxylation sites is 1. The van der Waals surface area contributed by atoms with Crippen molar-refractivity contribution in [1.82, 2.24) is 19.8 Å². The van der Waals surface area contributed by atoms with Crippen LogP contribution in [0.3, 0.4) is 0 Å². The molecule has 3 aromatic carbocycles. The van der Waals surface area contributed by atoms with Crippen LogP contribution >= 0.6 is 0 Å². The van der Waals surface area contributed by atoms with E-state index in [1.807, 2.05) is 53.0 Å². The number of anilines is 1. The highest BCUT2D eigenvalue weighted by Crippen LogP contribution is 2.27. The van der Waals surface area contributed by atoms with E-state index in [9.17, 15) is 0 Å².